The molecule has 0 unspecified atom stereocenters. The summed E-state index contributed by atoms with van der Waals surface area (Å²) in [5.74, 6) is 0.676. The molecule has 0 amide bonds. The van der Waals surface area contributed by atoms with Crippen LogP contribution in [0.15, 0.2) is 46.8 Å². The van der Waals surface area contributed by atoms with Gasteiger partial charge in [0, 0.05) is 48.7 Å². The SMILES string of the molecule is CN=C(NCC(C)(C)c1cccs1)NC1CCN(c2cccc(F)c2)CC1.I. The molecular formula is C21H30FIN4S. The second-order valence-corrected chi connectivity index (χ2v) is 8.62. The van der Waals surface area contributed by atoms with Crippen LogP contribution in [0.3, 0.4) is 0 Å². The zero-order valence-electron chi connectivity index (χ0n) is 16.7. The highest BCUT2D eigenvalue weighted by molar-refractivity contribution is 14.0. The molecular weight excluding hydrogens is 486 g/mol. The first-order valence-corrected chi connectivity index (χ1v) is 10.4. The quantitative estimate of drug-likeness (QED) is 0.346. The Morgan fingerprint density at radius 1 is 1.25 bits per heavy atom. The van der Waals surface area contributed by atoms with Crippen LogP contribution in [0.4, 0.5) is 10.1 Å². The Morgan fingerprint density at radius 2 is 2.00 bits per heavy atom. The van der Waals surface area contributed by atoms with Gasteiger partial charge >= 0.3 is 0 Å². The van der Waals surface area contributed by atoms with Crippen molar-refractivity contribution >= 4 is 47.0 Å². The fourth-order valence-corrected chi connectivity index (χ4v) is 4.25. The molecule has 4 nitrogen and oxygen atoms in total. The highest BCUT2D eigenvalue weighted by atomic mass is 127. The van der Waals surface area contributed by atoms with Crippen LogP contribution in [-0.2, 0) is 5.41 Å². The van der Waals surface area contributed by atoms with Gasteiger partial charge in [-0.15, -0.1) is 35.3 Å². The van der Waals surface area contributed by atoms with E-state index in [4.69, 9.17) is 0 Å². The summed E-state index contributed by atoms with van der Waals surface area (Å²) in [4.78, 5) is 8.01. The van der Waals surface area contributed by atoms with E-state index in [1.165, 1.54) is 10.9 Å². The molecule has 1 fully saturated rings. The smallest absolute Gasteiger partial charge is 0.191 e. The summed E-state index contributed by atoms with van der Waals surface area (Å²) in [5, 5.41) is 9.15. The number of aliphatic imine (C=N–C) groups is 1. The molecule has 1 saturated heterocycles. The van der Waals surface area contributed by atoms with Gasteiger partial charge in [0.1, 0.15) is 5.82 Å². The molecule has 2 heterocycles. The van der Waals surface area contributed by atoms with Crippen molar-refractivity contribution in [1.82, 2.24) is 10.6 Å². The van der Waals surface area contributed by atoms with E-state index in [0.717, 1.165) is 44.1 Å². The maximum atomic E-state index is 13.4. The molecule has 3 rings (SSSR count). The monoisotopic (exact) mass is 516 g/mol. The molecule has 7 heteroatoms. The topological polar surface area (TPSA) is 39.7 Å². The van der Waals surface area contributed by atoms with Crippen molar-refractivity contribution in [3.05, 3.63) is 52.5 Å². The number of benzene rings is 1. The molecule has 0 bridgehead atoms. The van der Waals surface area contributed by atoms with E-state index in [1.807, 2.05) is 13.1 Å². The number of hydrogen-bond donors (Lipinski definition) is 2. The first-order valence-electron chi connectivity index (χ1n) is 9.49. The molecule has 0 saturated carbocycles. The summed E-state index contributed by atoms with van der Waals surface area (Å²) in [6.45, 7) is 7.15. The minimum absolute atomic E-state index is 0. The molecule has 0 spiro atoms. The summed E-state index contributed by atoms with van der Waals surface area (Å²) < 4.78 is 13.4. The van der Waals surface area contributed by atoms with Crippen molar-refractivity contribution in [3.63, 3.8) is 0 Å². The van der Waals surface area contributed by atoms with E-state index in [-0.39, 0.29) is 35.2 Å². The predicted octanol–water partition coefficient (Wildman–Crippen LogP) is 4.62. The molecule has 0 radical (unpaired) electrons. The lowest BCUT2D eigenvalue weighted by Crippen LogP contribution is -2.50. The number of anilines is 1. The predicted molar refractivity (Wildman–Crippen MR) is 129 cm³/mol. The van der Waals surface area contributed by atoms with Gasteiger partial charge in [0.25, 0.3) is 0 Å². The van der Waals surface area contributed by atoms with E-state index >= 15 is 0 Å². The number of thiophene rings is 1. The summed E-state index contributed by atoms with van der Waals surface area (Å²) in [6.07, 6.45) is 2.01. The van der Waals surface area contributed by atoms with E-state index in [2.05, 4.69) is 51.9 Å². The van der Waals surface area contributed by atoms with Gasteiger partial charge in [0.15, 0.2) is 5.96 Å². The number of nitrogens with one attached hydrogen (secondary N) is 2. The Hall–Kier alpha value is -1.35. The van der Waals surface area contributed by atoms with E-state index in [9.17, 15) is 4.39 Å². The van der Waals surface area contributed by atoms with Crippen LogP contribution in [0, 0.1) is 5.82 Å². The maximum Gasteiger partial charge on any atom is 0.191 e. The Bertz CT molecular complexity index is 756. The lowest BCUT2D eigenvalue weighted by Gasteiger charge is -2.35. The number of halogens is 2. The van der Waals surface area contributed by atoms with E-state index in [0.29, 0.717) is 6.04 Å². The Morgan fingerprint density at radius 3 is 2.61 bits per heavy atom. The largest absolute Gasteiger partial charge is 0.371 e. The van der Waals surface area contributed by atoms with Crippen LogP contribution in [0.5, 0.6) is 0 Å². The lowest BCUT2D eigenvalue weighted by atomic mass is 9.91. The van der Waals surface area contributed by atoms with Gasteiger partial charge in [-0.3, -0.25) is 4.99 Å². The number of hydrogen-bond acceptors (Lipinski definition) is 3. The molecule has 2 aromatic rings. The summed E-state index contributed by atoms with van der Waals surface area (Å²) in [7, 11) is 1.81. The first kappa shape index (κ1) is 22.9. The van der Waals surface area contributed by atoms with Crippen LogP contribution in [0.1, 0.15) is 31.6 Å². The standard InChI is InChI=1S/C21H29FN4S.HI/c1-21(2,19-8-5-13-27-19)15-24-20(23-3)25-17-9-11-26(12-10-17)18-7-4-6-16(22)14-18;/h4-8,13-14,17H,9-12,15H2,1-3H3,(H2,23,24,25);1H. The lowest BCUT2D eigenvalue weighted by molar-refractivity contribution is 0.454. The molecule has 1 aromatic heterocycles. The molecule has 154 valence electrons. The van der Waals surface area contributed by atoms with Crippen LogP contribution >= 0.6 is 35.3 Å². The number of piperidine rings is 1. The van der Waals surface area contributed by atoms with Gasteiger partial charge in [0.05, 0.1) is 0 Å². The second kappa shape index (κ2) is 10.4. The zero-order chi connectivity index (χ0) is 19.3. The van der Waals surface area contributed by atoms with Gasteiger partial charge in [-0.25, -0.2) is 4.39 Å². The summed E-state index contributed by atoms with van der Waals surface area (Å²) in [6, 6.07) is 11.5. The van der Waals surface area contributed by atoms with Gasteiger partial charge in [0.2, 0.25) is 0 Å². The van der Waals surface area contributed by atoms with E-state index in [1.54, 1.807) is 23.5 Å². The van der Waals surface area contributed by atoms with Crippen LogP contribution in [0.25, 0.3) is 0 Å². The first-order chi connectivity index (χ1) is 13.0. The number of nitrogens with zero attached hydrogens (tertiary/aromatic N) is 2. The van der Waals surface area contributed by atoms with Gasteiger partial charge in [-0.05, 0) is 42.5 Å². The summed E-state index contributed by atoms with van der Waals surface area (Å²) in [5.41, 5.74) is 1.03. The van der Waals surface area contributed by atoms with Crippen molar-refractivity contribution in [2.45, 2.75) is 38.1 Å². The Balaban J connectivity index is 0.00000280. The fourth-order valence-electron chi connectivity index (χ4n) is 3.40. The average molecular weight is 516 g/mol. The highest BCUT2D eigenvalue weighted by Crippen LogP contribution is 2.26. The van der Waals surface area contributed by atoms with Crippen molar-refractivity contribution in [3.8, 4) is 0 Å². The minimum atomic E-state index is -0.175. The van der Waals surface area contributed by atoms with Gasteiger partial charge in [-0.2, -0.15) is 0 Å². The molecule has 1 aromatic carbocycles. The number of rotatable bonds is 5. The highest BCUT2D eigenvalue weighted by Gasteiger charge is 2.24. The van der Waals surface area contributed by atoms with E-state index < -0.39 is 0 Å². The fraction of sp³-hybridized carbons (Fsp3) is 0.476. The third-order valence-corrected chi connectivity index (χ3v) is 6.35. The summed E-state index contributed by atoms with van der Waals surface area (Å²) >= 11 is 1.79. The Kier molecular flexibility index (Phi) is 8.55. The van der Waals surface area contributed by atoms with Gasteiger partial charge in [-0.1, -0.05) is 26.0 Å². The van der Waals surface area contributed by atoms with Crippen LogP contribution in [0.2, 0.25) is 0 Å². The molecule has 0 aliphatic carbocycles. The molecule has 1 aliphatic rings. The maximum absolute atomic E-state index is 13.4. The van der Waals surface area contributed by atoms with Crippen LogP contribution in [-0.4, -0.2) is 38.7 Å². The van der Waals surface area contributed by atoms with Crippen molar-refractivity contribution < 1.29 is 4.39 Å². The van der Waals surface area contributed by atoms with Crippen molar-refractivity contribution in [2.24, 2.45) is 4.99 Å². The molecule has 0 atom stereocenters. The Labute approximate surface area is 188 Å². The number of guanidine groups is 1. The van der Waals surface area contributed by atoms with Crippen molar-refractivity contribution in [1.29, 1.82) is 0 Å². The minimum Gasteiger partial charge on any atom is -0.371 e. The molecule has 2 N–H and O–H groups in total. The van der Waals surface area contributed by atoms with Gasteiger partial charge < -0.3 is 15.5 Å². The van der Waals surface area contributed by atoms with Crippen molar-refractivity contribution in [2.75, 3.05) is 31.6 Å². The molecule has 1 aliphatic heterocycles. The average Bonchev–Trinajstić information content (AvgIpc) is 3.21. The molecule has 28 heavy (non-hydrogen) atoms. The second-order valence-electron chi connectivity index (χ2n) is 7.67. The van der Waals surface area contributed by atoms with Crippen LogP contribution < -0.4 is 15.5 Å². The third-order valence-electron chi connectivity index (χ3n) is 5.12. The zero-order valence-corrected chi connectivity index (χ0v) is 19.9. The third kappa shape index (κ3) is 6.07. The normalized spacial score (nSPS) is 15.9.